The van der Waals surface area contributed by atoms with Crippen LogP contribution in [0.15, 0.2) is 79.1 Å². The highest BCUT2D eigenvalue weighted by Crippen LogP contribution is 2.40. The fraction of sp³-hybridized carbons (Fsp3) is 0.111. The van der Waals surface area contributed by atoms with Gasteiger partial charge in [0.1, 0.15) is 5.69 Å². The van der Waals surface area contributed by atoms with Gasteiger partial charge in [0.05, 0.1) is 11.2 Å². The molecule has 6 rings (SSSR count). The number of pyridine rings is 2. The van der Waals surface area contributed by atoms with Crippen molar-refractivity contribution >= 4 is 16.8 Å². The number of aryl methyl sites for hydroxylation is 1. The number of primary amides is 1. The average molecular weight is 431 g/mol. The minimum atomic E-state index is -0.427. The van der Waals surface area contributed by atoms with E-state index in [4.69, 9.17) is 10.8 Å². The van der Waals surface area contributed by atoms with E-state index in [9.17, 15) is 4.79 Å². The molecule has 0 unspecified atom stereocenters. The van der Waals surface area contributed by atoms with Crippen LogP contribution in [0.5, 0.6) is 0 Å². The highest BCUT2D eigenvalue weighted by atomic mass is 16.1. The number of benzene rings is 2. The van der Waals surface area contributed by atoms with Gasteiger partial charge in [0.15, 0.2) is 0 Å². The van der Waals surface area contributed by atoms with Crippen LogP contribution in [0.1, 0.15) is 22.5 Å². The van der Waals surface area contributed by atoms with Crippen LogP contribution in [0, 0.1) is 0 Å². The molecule has 160 valence electrons. The first kappa shape index (κ1) is 19.4. The molecule has 0 aliphatic carbocycles. The molecule has 0 saturated heterocycles. The second-order valence-electron chi connectivity index (χ2n) is 8.24. The summed E-state index contributed by atoms with van der Waals surface area (Å²) in [5, 5.41) is 6.01. The third kappa shape index (κ3) is 3.27. The largest absolute Gasteiger partial charge is 0.366 e. The van der Waals surface area contributed by atoms with Crippen molar-refractivity contribution in [2.45, 2.75) is 19.4 Å². The van der Waals surface area contributed by atoms with Gasteiger partial charge >= 0.3 is 0 Å². The maximum Gasteiger partial charge on any atom is 0.248 e. The van der Waals surface area contributed by atoms with Crippen LogP contribution in [-0.2, 0) is 13.0 Å². The van der Waals surface area contributed by atoms with Crippen molar-refractivity contribution in [2.75, 3.05) is 0 Å². The lowest BCUT2D eigenvalue weighted by molar-refractivity contribution is 0.100. The number of amides is 1. The molecule has 1 aliphatic rings. The fourth-order valence-electron chi connectivity index (χ4n) is 4.67. The summed E-state index contributed by atoms with van der Waals surface area (Å²) in [6.45, 7) is 0.934. The first-order chi connectivity index (χ1) is 16.2. The van der Waals surface area contributed by atoms with Gasteiger partial charge in [-0.2, -0.15) is 5.10 Å². The van der Waals surface area contributed by atoms with Gasteiger partial charge in [-0.05, 0) is 65.9 Å². The van der Waals surface area contributed by atoms with Crippen LogP contribution in [0.2, 0.25) is 0 Å². The van der Waals surface area contributed by atoms with Gasteiger partial charge in [-0.3, -0.25) is 19.4 Å². The summed E-state index contributed by atoms with van der Waals surface area (Å²) >= 11 is 0. The van der Waals surface area contributed by atoms with Crippen molar-refractivity contribution in [3.05, 3.63) is 90.4 Å². The third-order valence-electron chi connectivity index (χ3n) is 6.26. The summed E-state index contributed by atoms with van der Waals surface area (Å²) in [6, 6.07) is 21.6. The average Bonchev–Trinajstić information content (AvgIpc) is 3.45. The summed E-state index contributed by atoms with van der Waals surface area (Å²) in [5.74, 6) is -0.427. The Morgan fingerprint density at radius 3 is 2.55 bits per heavy atom. The lowest BCUT2D eigenvalue weighted by Crippen LogP contribution is -2.10. The summed E-state index contributed by atoms with van der Waals surface area (Å²) in [6.07, 6.45) is 5.78. The molecule has 6 nitrogen and oxygen atoms in total. The molecular formula is C27H21N5O. The minimum Gasteiger partial charge on any atom is -0.366 e. The van der Waals surface area contributed by atoms with Gasteiger partial charge in [-0.15, -0.1) is 0 Å². The smallest absolute Gasteiger partial charge is 0.248 e. The topological polar surface area (TPSA) is 86.7 Å². The van der Waals surface area contributed by atoms with E-state index in [2.05, 4.69) is 38.9 Å². The summed E-state index contributed by atoms with van der Waals surface area (Å²) in [4.78, 5) is 20.6. The molecule has 0 fully saturated rings. The van der Waals surface area contributed by atoms with Crippen LogP contribution in [0.25, 0.3) is 44.5 Å². The quantitative estimate of drug-likeness (QED) is 0.440. The Labute approximate surface area is 190 Å². The number of fused-ring (bicyclic) bond motifs is 2. The monoisotopic (exact) mass is 431 g/mol. The predicted molar refractivity (Wildman–Crippen MR) is 128 cm³/mol. The highest BCUT2D eigenvalue weighted by molar-refractivity contribution is 6.00. The maximum absolute atomic E-state index is 11.4. The van der Waals surface area contributed by atoms with Crippen molar-refractivity contribution in [3.63, 3.8) is 0 Å². The number of aromatic nitrogens is 4. The van der Waals surface area contributed by atoms with E-state index in [-0.39, 0.29) is 0 Å². The minimum absolute atomic E-state index is 0.427. The number of carbonyl (C=O) groups excluding carboxylic acids is 1. The molecule has 1 aliphatic heterocycles. The molecule has 1 amide bonds. The molecule has 3 aromatic heterocycles. The van der Waals surface area contributed by atoms with Crippen molar-refractivity contribution in [1.82, 2.24) is 19.7 Å². The molecule has 2 aromatic carbocycles. The summed E-state index contributed by atoms with van der Waals surface area (Å²) < 4.78 is 2.13. The van der Waals surface area contributed by atoms with Crippen molar-refractivity contribution in [3.8, 4) is 33.6 Å². The normalized spacial score (nSPS) is 12.7. The van der Waals surface area contributed by atoms with E-state index in [0.29, 0.717) is 5.56 Å². The number of carbonyl (C=O) groups is 1. The molecule has 0 spiro atoms. The van der Waals surface area contributed by atoms with Crippen molar-refractivity contribution in [1.29, 1.82) is 0 Å². The van der Waals surface area contributed by atoms with E-state index < -0.39 is 5.91 Å². The van der Waals surface area contributed by atoms with E-state index >= 15 is 0 Å². The molecular weight excluding hydrogens is 410 g/mol. The Morgan fingerprint density at radius 2 is 1.76 bits per heavy atom. The second kappa shape index (κ2) is 7.67. The van der Waals surface area contributed by atoms with Crippen LogP contribution in [-0.4, -0.2) is 25.7 Å². The molecule has 0 radical (unpaired) electrons. The molecule has 2 N–H and O–H groups in total. The molecule has 4 heterocycles. The Balaban J connectivity index is 1.50. The number of nitrogens with two attached hydrogens (primary N) is 1. The molecule has 6 heteroatoms. The molecule has 33 heavy (non-hydrogen) atoms. The van der Waals surface area contributed by atoms with Crippen molar-refractivity contribution in [2.24, 2.45) is 5.73 Å². The zero-order valence-electron chi connectivity index (χ0n) is 17.9. The van der Waals surface area contributed by atoms with E-state index in [0.717, 1.165) is 63.9 Å². The van der Waals surface area contributed by atoms with Crippen LogP contribution >= 0.6 is 0 Å². The van der Waals surface area contributed by atoms with Crippen molar-refractivity contribution < 1.29 is 4.79 Å². The summed E-state index contributed by atoms with van der Waals surface area (Å²) in [7, 11) is 0. The van der Waals surface area contributed by atoms with Gasteiger partial charge in [-0.1, -0.05) is 30.3 Å². The van der Waals surface area contributed by atoms with E-state index in [1.54, 1.807) is 12.1 Å². The first-order valence-electron chi connectivity index (χ1n) is 11.0. The van der Waals surface area contributed by atoms with E-state index in [1.807, 2.05) is 42.7 Å². The second-order valence-corrected chi connectivity index (χ2v) is 8.24. The first-order valence-corrected chi connectivity index (χ1v) is 11.0. The Bertz CT molecular complexity index is 1500. The van der Waals surface area contributed by atoms with Gasteiger partial charge in [0.25, 0.3) is 0 Å². The lowest BCUT2D eigenvalue weighted by atomic mass is 9.95. The SMILES string of the molecule is NC(=O)c1ccc(-c2ccc3c(-c4c(-c5ccccn5)nn5c4CCC5)ccnc3c2)cc1. The zero-order chi connectivity index (χ0) is 22.4. The lowest BCUT2D eigenvalue weighted by Gasteiger charge is -2.10. The molecule has 0 bridgehead atoms. The predicted octanol–water partition coefficient (Wildman–Crippen LogP) is 4.87. The van der Waals surface area contributed by atoms with Crippen LogP contribution in [0.3, 0.4) is 0 Å². The number of hydrogen-bond donors (Lipinski definition) is 1. The summed E-state index contributed by atoms with van der Waals surface area (Å²) in [5.41, 5.74) is 14.2. The number of rotatable bonds is 4. The maximum atomic E-state index is 11.4. The third-order valence-corrected chi connectivity index (χ3v) is 6.26. The highest BCUT2D eigenvalue weighted by Gasteiger charge is 2.25. The van der Waals surface area contributed by atoms with Crippen LogP contribution < -0.4 is 5.73 Å². The Kier molecular flexibility index (Phi) is 4.50. The number of nitrogens with zero attached hydrogens (tertiary/aromatic N) is 4. The van der Waals surface area contributed by atoms with Gasteiger partial charge < -0.3 is 5.73 Å². The van der Waals surface area contributed by atoms with Gasteiger partial charge in [-0.25, -0.2) is 0 Å². The Morgan fingerprint density at radius 1 is 0.909 bits per heavy atom. The molecule has 0 saturated carbocycles. The standard InChI is InChI=1S/C27H21N5O/c28-27(33)18-8-6-17(7-9-18)19-10-11-20-21(12-14-30-23(20)16-19)25-24-5-3-15-32(24)31-26(25)22-4-1-2-13-29-22/h1-2,4,6-14,16H,3,5,15H2,(H2,28,33). The molecule has 0 atom stereocenters. The van der Waals surface area contributed by atoms with Gasteiger partial charge in [0, 0.05) is 41.1 Å². The van der Waals surface area contributed by atoms with E-state index in [1.165, 1.54) is 5.69 Å². The Hall–Kier alpha value is -4.32. The van der Waals surface area contributed by atoms with Gasteiger partial charge in [0.2, 0.25) is 5.91 Å². The fourth-order valence-corrected chi connectivity index (χ4v) is 4.67. The molecule has 5 aromatic rings. The number of hydrogen-bond acceptors (Lipinski definition) is 4. The zero-order valence-corrected chi connectivity index (χ0v) is 17.9. The van der Waals surface area contributed by atoms with Crippen LogP contribution in [0.4, 0.5) is 0 Å².